The molecule has 0 aromatic carbocycles. The lowest BCUT2D eigenvalue weighted by molar-refractivity contribution is 0.636. The average molecular weight is 315 g/mol. The fraction of sp³-hybridized carbons (Fsp3) is 0.267. The van der Waals surface area contributed by atoms with Crippen molar-refractivity contribution in [3.8, 4) is 0 Å². The summed E-state index contributed by atoms with van der Waals surface area (Å²) in [6, 6.07) is 0. The molecular weight excluding hydrogens is 298 g/mol. The molecule has 0 spiro atoms. The normalized spacial score (nSPS) is 13.0. The lowest BCUT2D eigenvalue weighted by Gasteiger charge is -2.04. The number of fused-ring (bicyclic) bond motifs is 3. The van der Waals surface area contributed by atoms with E-state index < -0.39 is 0 Å². The number of thiazole rings is 1. The van der Waals surface area contributed by atoms with Gasteiger partial charge in [-0.1, -0.05) is 0 Å². The monoisotopic (exact) mass is 315 g/mol. The first-order valence-corrected chi connectivity index (χ1v) is 7.68. The zero-order chi connectivity index (χ0) is 15.9. The molecule has 0 bridgehead atoms. The van der Waals surface area contributed by atoms with E-state index in [1.54, 1.807) is 36.9 Å². The molecule has 22 heavy (non-hydrogen) atoms. The standard InChI is InChI=1S/C15H17N5OS/c1-9-7-19-10(2)13-12(15(19)22-9)6-18-20(14(13)21)8-11(16)4-5-17-3/h4-7H,8,16H2,1-3H3/b11-4-,17-5?. The number of aromatic nitrogens is 3. The van der Waals surface area contributed by atoms with E-state index in [2.05, 4.69) is 21.4 Å². The number of allylic oxidation sites excluding steroid dienone is 2. The molecule has 0 radical (unpaired) electrons. The molecule has 0 aliphatic rings. The van der Waals surface area contributed by atoms with Crippen molar-refractivity contribution in [2.24, 2.45) is 10.7 Å². The predicted molar refractivity (Wildman–Crippen MR) is 91.0 cm³/mol. The third-order valence-electron chi connectivity index (χ3n) is 3.55. The quantitative estimate of drug-likeness (QED) is 0.750. The Kier molecular flexibility index (Phi) is 3.58. The number of nitrogens with zero attached hydrogens (tertiary/aromatic N) is 4. The van der Waals surface area contributed by atoms with Gasteiger partial charge in [0, 0.05) is 41.1 Å². The Morgan fingerprint density at radius 2 is 2.27 bits per heavy atom. The summed E-state index contributed by atoms with van der Waals surface area (Å²) in [5, 5.41) is 5.86. The van der Waals surface area contributed by atoms with Crippen molar-refractivity contribution in [2.45, 2.75) is 20.4 Å². The van der Waals surface area contributed by atoms with Crippen LogP contribution in [0.4, 0.5) is 0 Å². The summed E-state index contributed by atoms with van der Waals surface area (Å²) in [6.07, 6.45) is 7.06. The van der Waals surface area contributed by atoms with Gasteiger partial charge in [0.05, 0.1) is 18.1 Å². The van der Waals surface area contributed by atoms with Crippen LogP contribution in [0.1, 0.15) is 10.6 Å². The Labute approximate surface area is 131 Å². The van der Waals surface area contributed by atoms with Gasteiger partial charge in [-0.05, 0) is 19.9 Å². The maximum absolute atomic E-state index is 12.7. The molecule has 0 aliphatic carbocycles. The molecule has 0 unspecified atom stereocenters. The largest absolute Gasteiger partial charge is 0.400 e. The summed E-state index contributed by atoms with van der Waals surface area (Å²) >= 11 is 1.66. The maximum Gasteiger partial charge on any atom is 0.276 e. The van der Waals surface area contributed by atoms with Crippen LogP contribution in [0.2, 0.25) is 0 Å². The number of hydrogen-bond acceptors (Lipinski definition) is 5. The third kappa shape index (κ3) is 2.23. The van der Waals surface area contributed by atoms with Crippen LogP contribution in [0.15, 0.2) is 34.0 Å². The smallest absolute Gasteiger partial charge is 0.276 e. The molecule has 0 atom stereocenters. The van der Waals surface area contributed by atoms with Crippen LogP contribution in [-0.2, 0) is 6.54 Å². The van der Waals surface area contributed by atoms with Gasteiger partial charge in [-0.2, -0.15) is 5.10 Å². The van der Waals surface area contributed by atoms with Crippen molar-refractivity contribution in [1.82, 2.24) is 14.2 Å². The van der Waals surface area contributed by atoms with E-state index in [-0.39, 0.29) is 12.1 Å². The molecule has 3 heterocycles. The van der Waals surface area contributed by atoms with E-state index >= 15 is 0 Å². The van der Waals surface area contributed by atoms with Crippen LogP contribution in [0.5, 0.6) is 0 Å². The number of nitrogens with two attached hydrogens (primary N) is 1. The number of hydrogen-bond donors (Lipinski definition) is 1. The van der Waals surface area contributed by atoms with Gasteiger partial charge in [0.15, 0.2) is 0 Å². The zero-order valence-electron chi connectivity index (χ0n) is 12.7. The number of aryl methyl sites for hydroxylation is 2. The van der Waals surface area contributed by atoms with E-state index in [0.29, 0.717) is 11.1 Å². The average Bonchev–Trinajstić information content (AvgIpc) is 2.98. The first kappa shape index (κ1) is 14.5. The van der Waals surface area contributed by atoms with Gasteiger partial charge in [0.25, 0.3) is 5.56 Å². The van der Waals surface area contributed by atoms with Crippen molar-refractivity contribution in [3.63, 3.8) is 0 Å². The molecular formula is C15H17N5OS. The summed E-state index contributed by atoms with van der Waals surface area (Å²) in [5.41, 5.74) is 7.24. The second kappa shape index (κ2) is 5.42. The fourth-order valence-electron chi connectivity index (χ4n) is 2.53. The summed E-state index contributed by atoms with van der Waals surface area (Å²) in [7, 11) is 1.67. The minimum absolute atomic E-state index is 0.117. The highest BCUT2D eigenvalue weighted by Gasteiger charge is 2.16. The summed E-state index contributed by atoms with van der Waals surface area (Å²) in [6.45, 7) is 4.26. The third-order valence-corrected chi connectivity index (χ3v) is 4.59. The van der Waals surface area contributed by atoms with Gasteiger partial charge in [-0.25, -0.2) is 4.68 Å². The van der Waals surface area contributed by atoms with Crippen molar-refractivity contribution in [3.05, 3.63) is 45.1 Å². The van der Waals surface area contributed by atoms with Crippen LogP contribution < -0.4 is 11.3 Å². The highest BCUT2D eigenvalue weighted by Crippen LogP contribution is 2.29. The second-order valence-corrected chi connectivity index (χ2v) is 6.38. The molecule has 3 rings (SSSR count). The summed E-state index contributed by atoms with van der Waals surface area (Å²) in [4.78, 5) is 18.8. The van der Waals surface area contributed by atoms with Crippen LogP contribution in [-0.4, -0.2) is 27.4 Å². The van der Waals surface area contributed by atoms with Gasteiger partial charge < -0.3 is 10.1 Å². The van der Waals surface area contributed by atoms with Crippen molar-refractivity contribution >= 4 is 33.2 Å². The molecule has 0 saturated carbocycles. The van der Waals surface area contributed by atoms with Crippen LogP contribution >= 0.6 is 11.3 Å². The molecule has 3 aromatic rings. The highest BCUT2D eigenvalue weighted by molar-refractivity contribution is 7.18. The molecule has 2 N–H and O–H groups in total. The number of rotatable bonds is 3. The number of aliphatic imine (C=N–C) groups is 1. The van der Waals surface area contributed by atoms with Crippen molar-refractivity contribution in [2.75, 3.05) is 7.05 Å². The van der Waals surface area contributed by atoms with E-state index in [0.717, 1.165) is 15.9 Å². The first-order chi connectivity index (χ1) is 10.5. The van der Waals surface area contributed by atoms with Crippen LogP contribution in [0.3, 0.4) is 0 Å². The Morgan fingerprint density at radius 3 is 3.00 bits per heavy atom. The van der Waals surface area contributed by atoms with E-state index in [1.807, 2.05) is 13.1 Å². The summed E-state index contributed by atoms with van der Waals surface area (Å²) < 4.78 is 3.45. The van der Waals surface area contributed by atoms with Gasteiger partial charge in [0.1, 0.15) is 4.83 Å². The van der Waals surface area contributed by atoms with Gasteiger partial charge in [0.2, 0.25) is 0 Å². The van der Waals surface area contributed by atoms with Gasteiger partial charge in [-0.3, -0.25) is 9.79 Å². The Balaban J connectivity index is 2.18. The van der Waals surface area contributed by atoms with E-state index in [4.69, 9.17) is 5.73 Å². The lowest BCUT2D eigenvalue weighted by Crippen LogP contribution is -2.25. The van der Waals surface area contributed by atoms with E-state index in [9.17, 15) is 4.79 Å². The molecule has 3 aromatic heterocycles. The van der Waals surface area contributed by atoms with Gasteiger partial charge >= 0.3 is 0 Å². The molecule has 6 nitrogen and oxygen atoms in total. The van der Waals surface area contributed by atoms with E-state index in [1.165, 1.54) is 9.56 Å². The SMILES string of the molecule is CN=C/C=C(\N)Cn1ncc2c(c(C)n3cc(C)sc23)c1=O. The van der Waals surface area contributed by atoms with Crippen LogP contribution in [0.25, 0.3) is 15.6 Å². The predicted octanol–water partition coefficient (Wildman–Crippen LogP) is 1.87. The zero-order valence-corrected chi connectivity index (χ0v) is 13.5. The van der Waals surface area contributed by atoms with Gasteiger partial charge in [-0.15, -0.1) is 11.3 Å². The molecule has 7 heteroatoms. The minimum atomic E-state index is -0.117. The Morgan fingerprint density at radius 1 is 1.50 bits per heavy atom. The topological polar surface area (TPSA) is 77.7 Å². The first-order valence-electron chi connectivity index (χ1n) is 6.86. The van der Waals surface area contributed by atoms with Crippen LogP contribution in [0, 0.1) is 13.8 Å². The Bertz CT molecular complexity index is 973. The van der Waals surface area contributed by atoms with Crippen molar-refractivity contribution in [1.29, 1.82) is 0 Å². The minimum Gasteiger partial charge on any atom is -0.400 e. The fourth-order valence-corrected chi connectivity index (χ4v) is 3.55. The Hall–Kier alpha value is -2.41. The second-order valence-electron chi connectivity index (χ2n) is 5.15. The van der Waals surface area contributed by atoms with Crippen molar-refractivity contribution < 1.29 is 0 Å². The maximum atomic E-state index is 12.7. The molecule has 0 fully saturated rings. The lowest BCUT2D eigenvalue weighted by atomic mass is 10.2. The molecule has 0 aliphatic heterocycles. The molecule has 0 amide bonds. The highest BCUT2D eigenvalue weighted by atomic mass is 32.1. The molecule has 0 saturated heterocycles. The summed E-state index contributed by atoms with van der Waals surface area (Å²) in [5.74, 6) is 0. The molecule has 114 valence electrons.